The summed E-state index contributed by atoms with van der Waals surface area (Å²) in [5.74, 6) is -0.796. The maximum atomic E-state index is 12.0. The van der Waals surface area contributed by atoms with Crippen LogP contribution in [0.3, 0.4) is 0 Å². The molecule has 4 N–H and O–H groups in total. The zero-order valence-electron chi connectivity index (χ0n) is 15.6. The van der Waals surface area contributed by atoms with Crippen LogP contribution in [0.15, 0.2) is 23.5 Å². The first kappa shape index (κ1) is 21.8. The van der Waals surface area contributed by atoms with E-state index in [1.807, 2.05) is 6.92 Å². The Bertz CT molecular complexity index is 571. The van der Waals surface area contributed by atoms with E-state index in [0.29, 0.717) is 17.6 Å². The van der Waals surface area contributed by atoms with Gasteiger partial charge >= 0.3 is 5.97 Å². The summed E-state index contributed by atoms with van der Waals surface area (Å²) < 4.78 is 21.4. The Morgan fingerprint density at radius 3 is 2.52 bits per heavy atom. The number of carbonyl (C=O) groups is 1. The highest BCUT2D eigenvalue weighted by Crippen LogP contribution is 2.36. The van der Waals surface area contributed by atoms with Crippen molar-refractivity contribution in [1.82, 2.24) is 0 Å². The van der Waals surface area contributed by atoms with Crippen LogP contribution in [0.25, 0.3) is 0 Å². The minimum atomic E-state index is -1.55. The fourth-order valence-electron chi connectivity index (χ4n) is 3.31. The highest BCUT2D eigenvalue weighted by atomic mass is 16.8. The molecule has 0 aromatic carbocycles. The van der Waals surface area contributed by atoms with Gasteiger partial charge in [-0.05, 0) is 13.3 Å². The van der Waals surface area contributed by atoms with Gasteiger partial charge in [-0.1, -0.05) is 19.4 Å². The lowest BCUT2D eigenvalue weighted by molar-refractivity contribution is -0.327. The Kier molecular flexibility index (Phi) is 7.78. The van der Waals surface area contributed by atoms with E-state index in [4.69, 9.17) is 18.9 Å². The van der Waals surface area contributed by atoms with Crippen molar-refractivity contribution in [2.24, 2.45) is 5.92 Å². The normalized spacial score (nSPS) is 38.3. The van der Waals surface area contributed by atoms with Gasteiger partial charge in [-0.2, -0.15) is 0 Å². The molecule has 7 atom stereocenters. The van der Waals surface area contributed by atoms with Crippen molar-refractivity contribution < 1.29 is 44.2 Å². The van der Waals surface area contributed by atoms with Crippen molar-refractivity contribution in [3.8, 4) is 0 Å². The zero-order chi connectivity index (χ0) is 20.1. The molecule has 0 aliphatic carbocycles. The number of aliphatic hydroxyl groups is 4. The maximum Gasteiger partial charge on any atom is 0.337 e. The molecule has 0 unspecified atom stereocenters. The van der Waals surface area contributed by atoms with Gasteiger partial charge in [0.2, 0.25) is 6.29 Å². The van der Waals surface area contributed by atoms with Crippen molar-refractivity contribution in [3.05, 3.63) is 23.5 Å². The molecule has 1 fully saturated rings. The SMILES string of the molecule is C/C=C1\[C@@H](O[C@@H]2O[C@H](CO)[C@H](O)[C@H](O)[C@@H]2O)OC=C(C(=O)OC)[C@H]1CCC. The van der Waals surface area contributed by atoms with Crippen LogP contribution >= 0.6 is 0 Å². The summed E-state index contributed by atoms with van der Waals surface area (Å²) >= 11 is 0. The third-order valence-electron chi connectivity index (χ3n) is 4.81. The number of esters is 1. The predicted molar refractivity (Wildman–Crippen MR) is 92.0 cm³/mol. The van der Waals surface area contributed by atoms with Gasteiger partial charge in [0.15, 0.2) is 6.29 Å². The molecule has 154 valence electrons. The molecule has 0 spiro atoms. The second kappa shape index (κ2) is 9.63. The van der Waals surface area contributed by atoms with E-state index in [9.17, 15) is 25.2 Å². The minimum absolute atomic E-state index is 0.295. The summed E-state index contributed by atoms with van der Waals surface area (Å²) in [6.45, 7) is 3.19. The lowest BCUT2D eigenvalue weighted by atomic mass is 9.85. The predicted octanol–water partition coefficient (Wildman–Crippen LogP) is -0.421. The smallest absolute Gasteiger partial charge is 0.337 e. The summed E-state index contributed by atoms with van der Waals surface area (Å²) in [7, 11) is 1.29. The van der Waals surface area contributed by atoms with Crippen LogP contribution in [0.1, 0.15) is 26.7 Å². The zero-order valence-corrected chi connectivity index (χ0v) is 15.6. The van der Waals surface area contributed by atoms with Gasteiger partial charge < -0.3 is 39.4 Å². The summed E-state index contributed by atoms with van der Waals surface area (Å²) in [6.07, 6.45) is -3.49. The Balaban J connectivity index is 2.22. The molecule has 2 rings (SSSR count). The molecular formula is C18H28O9. The van der Waals surface area contributed by atoms with E-state index < -0.39 is 49.6 Å². The number of hydrogen-bond donors (Lipinski definition) is 4. The molecule has 2 aliphatic heterocycles. The molecule has 27 heavy (non-hydrogen) atoms. The number of hydrogen-bond acceptors (Lipinski definition) is 9. The van der Waals surface area contributed by atoms with E-state index in [-0.39, 0.29) is 5.92 Å². The Labute approximate surface area is 157 Å². The standard InChI is InChI=1S/C18H28O9/c1-4-6-10-9(5-2)17(25-8-11(10)16(23)24-3)27-18-15(22)14(21)13(20)12(7-19)26-18/h5,8,10,12-15,17-22H,4,6-7H2,1-3H3/b9-5-/t10-,12+,13-,14-,15-,17+,18-/m0/s1. The summed E-state index contributed by atoms with van der Waals surface area (Å²) in [4.78, 5) is 12.0. The van der Waals surface area contributed by atoms with Crippen LogP contribution in [-0.2, 0) is 23.7 Å². The molecule has 2 aliphatic rings. The largest absolute Gasteiger partial charge is 0.468 e. The molecule has 0 radical (unpaired) electrons. The van der Waals surface area contributed by atoms with Crippen LogP contribution in [-0.4, -0.2) is 77.1 Å². The van der Waals surface area contributed by atoms with Crippen LogP contribution in [0.4, 0.5) is 0 Å². The fourth-order valence-corrected chi connectivity index (χ4v) is 3.31. The first-order valence-electron chi connectivity index (χ1n) is 8.95. The van der Waals surface area contributed by atoms with Crippen LogP contribution in [0, 0.1) is 5.92 Å². The number of carbonyl (C=O) groups excluding carboxylic acids is 1. The minimum Gasteiger partial charge on any atom is -0.468 e. The van der Waals surface area contributed by atoms with Gasteiger partial charge in [0, 0.05) is 11.5 Å². The quantitative estimate of drug-likeness (QED) is 0.353. The summed E-state index contributed by atoms with van der Waals surface area (Å²) in [6, 6.07) is 0. The van der Waals surface area contributed by atoms with E-state index in [2.05, 4.69) is 0 Å². The topological polar surface area (TPSA) is 135 Å². The van der Waals surface area contributed by atoms with Crippen LogP contribution in [0.5, 0.6) is 0 Å². The molecule has 9 nitrogen and oxygen atoms in total. The van der Waals surface area contributed by atoms with Crippen molar-refractivity contribution in [3.63, 3.8) is 0 Å². The molecule has 1 saturated heterocycles. The first-order valence-corrected chi connectivity index (χ1v) is 8.95. The molecule has 9 heteroatoms. The highest BCUT2D eigenvalue weighted by Gasteiger charge is 2.46. The second-order valence-corrected chi connectivity index (χ2v) is 6.50. The molecular weight excluding hydrogens is 360 g/mol. The van der Waals surface area contributed by atoms with Gasteiger partial charge in [-0.15, -0.1) is 0 Å². The molecule has 2 heterocycles. The number of ether oxygens (including phenoxy) is 4. The number of methoxy groups -OCH3 is 1. The van der Waals surface area contributed by atoms with Crippen molar-refractivity contribution in [1.29, 1.82) is 0 Å². The Morgan fingerprint density at radius 1 is 1.26 bits per heavy atom. The molecule has 0 amide bonds. The van der Waals surface area contributed by atoms with Gasteiger partial charge in [0.05, 0.1) is 25.6 Å². The average Bonchev–Trinajstić information content (AvgIpc) is 2.68. The lowest BCUT2D eigenvalue weighted by Crippen LogP contribution is -2.60. The summed E-state index contributed by atoms with van der Waals surface area (Å²) in [5.41, 5.74) is 1.01. The van der Waals surface area contributed by atoms with E-state index in [0.717, 1.165) is 6.42 Å². The maximum absolute atomic E-state index is 12.0. The van der Waals surface area contributed by atoms with E-state index in [1.165, 1.54) is 13.4 Å². The highest BCUT2D eigenvalue weighted by molar-refractivity contribution is 5.89. The number of aliphatic hydroxyl groups excluding tert-OH is 4. The Morgan fingerprint density at radius 2 is 1.96 bits per heavy atom. The Hall–Kier alpha value is -1.49. The monoisotopic (exact) mass is 388 g/mol. The molecule has 0 aromatic heterocycles. The van der Waals surface area contributed by atoms with Gasteiger partial charge in [-0.25, -0.2) is 4.79 Å². The van der Waals surface area contributed by atoms with Crippen molar-refractivity contribution in [2.45, 2.75) is 63.7 Å². The third-order valence-corrected chi connectivity index (χ3v) is 4.81. The van der Waals surface area contributed by atoms with Crippen LogP contribution < -0.4 is 0 Å². The van der Waals surface area contributed by atoms with Crippen molar-refractivity contribution in [2.75, 3.05) is 13.7 Å². The van der Waals surface area contributed by atoms with Crippen LogP contribution in [0.2, 0.25) is 0 Å². The third kappa shape index (κ3) is 4.50. The van der Waals surface area contributed by atoms with Gasteiger partial charge in [-0.3, -0.25) is 0 Å². The second-order valence-electron chi connectivity index (χ2n) is 6.50. The molecule has 0 aromatic rings. The fraction of sp³-hybridized carbons (Fsp3) is 0.722. The molecule has 0 saturated carbocycles. The molecule has 0 bridgehead atoms. The number of allylic oxidation sites excluding steroid dienone is 1. The lowest BCUT2D eigenvalue weighted by Gasteiger charge is -2.42. The van der Waals surface area contributed by atoms with E-state index >= 15 is 0 Å². The van der Waals surface area contributed by atoms with E-state index in [1.54, 1.807) is 13.0 Å². The average molecular weight is 388 g/mol. The summed E-state index contributed by atoms with van der Waals surface area (Å²) in [5, 5.41) is 39.2. The number of rotatable bonds is 6. The van der Waals surface area contributed by atoms with Crippen molar-refractivity contribution >= 4 is 5.97 Å². The first-order chi connectivity index (χ1) is 12.9. The van der Waals surface area contributed by atoms with Gasteiger partial charge in [0.1, 0.15) is 24.4 Å². The van der Waals surface area contributed by atoms with Gasteiger partial charge in [0.25, 0.3) is 0 Å².